The van der Waals surface area contributed by atoms with E-state index >= 15 is 0 Å². The molecule has 0 aliphatic carbocycles. The Hall–Kier alpha value is -4.10. The number of likely N-dealkylation sites (tertiary alicyclic amines) is 1. The summed E-state index contributed by atoms with van der Waals surface area (Å²) >= 11 is 0. The summed E-state index contributed by atoms with van der Waals surface area (Å²) in [5.41, 5.74) is 2.01. The molecule has 0 bridgehead atoms. The number of rotatable bonds is 12. The van der Waals surface area contributed by atoms with Crippen molar-refractivity contribution in [1.82, 2.24) is 9.80 Å². The van der Waals surface area contributed by atoms with Crippen LogP contribution in [-0.2, 0) is 9.59 Å². The predicted octanol–water partition coefficient (Wildman–Crippen LogP) is 6.34. The van der Waals surface area contributed by atoms with Gasteiger partial charge in [0.1, 0.15) is 23.0 Å². The summed E-state index contributed by atoms with van der Waals surface area (Å²) < 4.78 is 11.8. The molecule has 1 aliphatic rings. The molecule has 1 atom stereocenters. The maximum Gasteiger partial charge on any atom is 0.295 e. The number of carbonyl (C=O) groups excluding carboxylic acids is 2. The minimum absolute atomic E-state index is 0.0757. The highest BCUT2D eigenvalue weighted by molar-refractivity contribution is 6.46. The Morgan fingerprint density at radius 2 is 1.62 bits per heavy atom. The van der Waals surface area contributed by atoms with E-state index in [0.29, 0.717) is 48.1 Å². The highest BCUT2D eigenvalue weighted by atomic mass is 16.5. The van der Waals surface area contributed by atoms with Gasteiger partial charge in [0.25, 0.3) is 11.7 Å². The van der Waals surface area contributed by atoms with Gasteiger partial charge in [0.2, 0.25) is 0 Å². The average Bonchev–Trinajstić information content (AvgIpc) is 3.22. The van der Waals surface area contributed by atoms with Crippen molar-refractivity contribution >= 4 is 17.4 Å². The second kappa shape index (κ2) is 13.3. The van der Waals surface area contributed by atoms with Gasteiger partial charge in [0.05, 0.1) is 18.2 Å². The third kappa shape index (κ3) is 6.37. The van der Waals surface area contributed by atoms with Crippen molar-refractivity contribution in [3.63, 3.8) is 0 Å². The number of aliphatic hydroxyl groups is 1. The minimum Gasteiger partial charge on any atom is -0.507 e. The lowest BCUT2D eigenvalue weighted by Crippen LogP contribution is -2.38. The van der Waals surface area contributed by atoms with Gasteiger partial charge in [0.15, 0.2) is 0 Å². The second-order valence-corrected chi connectivity index (χ2v) is 9.83. The van der Waals surface area contributed by atoms with Crippen molar-refractivity contribution in [2.24, 2.45) is 0 Å². The Balaban J connectivity index is 1.78. The number of nitrogens with zero attached hydrogens (tertiary/aromatic N) is 2. The number of aliphatic hydroxyl groups excluding tert-OH is 1. The number of Topliss-reactive ketones (excluding diaryl/α,β-unsaturated/α-hetero) is 1. The molecule has 1 saturated heterocycles. The number of carbonyl (C=O) groups is 2. The molecule has 210 valence electrons. The van der Waals surface area contributed by atoms with E-state index in [1.54, 1.807) is 17.0 Å². The van der Waals surface area contributed by atoms with Crippen LogP contribution in [0.5, 0.6) is 17.2 Å². The van der Waals surface area contributed by atoms with Crippen LogP contribution < -0.4 is 9.47 Å². The van der Waals surface area contributed by atoms with Crippen molar-refractivity contribution in [1.29, 1.82) is 0 Å². The number of hydrogen-bond acceptors (Lipinski definition) is 6. The fraction of sp³-hybridized carbons (Fsp3) is 0.333. The van der Waals surface area contributed by atoms with Gasteiger partial charge in [-0.05, 0) is 80.0 Å². The molecule has 1 N–H and O–H groups in total. The molecule has 0 saturated carbocycles. The summed E-state index contributed by atoms with van der Waals surface area (Å²) in [4.78, 5) is 30.7. The Morgan fingerprint density at radius 1 is 0.900 bits per heavy atom. The summed E-state index contributed by atoms with van der Waals surface area (Å²) in [5, 5.41) is 11.6. The highest BCUT2D eigenvalue weighted by Crippen LogP contribution is 2.41. The van der Waals surface area contributed by atoms with Crippen LogP contribution >= 0.6 is 0 Å². The molecule has 1 fully saturated rings. The zero-order valence-corrected chi connectivity index (χ0v) is 23.7. The number of benzene rings is 3. The van der Waals surface area contributed by atoms with E-state index < -0.39 is 17.7 Å². The lowest BCUT2D eigenvalue weighted by molar-refractivity contribution is -0.140. The smallest absolute Gasteiger partial charge is 0.295 e. The number of amides is 1. The molecule has 0 spiro atoms. The Morgan fingerprint density at radius 3 is 2.30 bits per heavy atom. The molecule has 40 heavy (non-hydrogen) atoms. The lowest BCUT2D eigenvalue weighted by atomic mass is 9.93. The average molecular weight is 543 g/mol. The lowest BCUT2D eigenvalue weighted by Gasteiger charge is -2.28. The van der Waals surface area contributed by atoms with E-state index in [1.165, 1.54) is 0 Å². The fourth-order valence-electron chi connectivity index (χ4n) is 4.98. The molecular weight excluding hydrogens is 504 g/mol. The van der Waals surface area contributed by atoms with E-state index in [4.69, 9.17) is 9.47 Å². The van der Waals surface area contributed by atoms with Crippen LogP contribution in [0.4, 0.5) is 0 Å². The molecule has 1 heterocycles. The van der Waals surface area contributed by atoms with E-state index in [9.17, 15) is 14.7 Å². The zero-order chi connectivity index (χ0) is 28.6. The molecule has 3 aromatic carbocycles. The Kier molecular flexibility index (Phi) is 9.61. The van der Waals surface area contributed by atoms with Gasteiger partial charge in [-0.3, -0.25) is 9.59 Å². The number of aryl methyl sites for hydroxylation is 1. The van der Waals surface area contributed by atoms with Crippen LogP contribution in [0.15, 0.2) is 78.4 Å². The summed E-state index contributed by atoms with van der Waals surface area (Å²) in [6, 6.07) is 21.4. The summed E-state index contributed by atoms with van der Waals surface area (Å²) in [5.74, 6) is 0.444. The molecule has 0 aromatic heterocycles. The Bertz CT molecular complexity index is 1360. The van der Waals surface area contributed by atoms with Gasteiger partial charge < -0.3 is 24.4 Å². The first-order chi connectivity index (χ1) is 19.4. The van der Waals surface area contributed by atoms with Crippen molar-refractivity contribution in [3.8, 4) is 17.2 Å². The molecular formula is C33H38N2O5. The monoisotopic (exact) mass is 542 g/mol. The van der Waals surface area contributed by atoms with Gasteiger partial charge in [-0.2, -0.15) is 0 Å². The van der Waals surface area contributed by atoms with E-state index in [0.717, 1.165) is 25.1 Å². The fourth-order valence-corrected chi connectivity index (χ4v) is 4.98. The topological polar surface area (TPSA) is 79.3 Å². The first kappa shape index (κ1) is 28.9. The minimum atomic E-state index is -0.759. The second-order valence-electron chi connectivity index (χ2n) is 9.83. The first-order valence-electron chi connectivity index (χ1n) is 13.9. The van der Waals surface area contributed by atoms with Gasteiger partial charge in [-0.25, -0.2) is 0 Å². The largest absolute Gasteiger partial charge is 0.507 e. The molecule has 7 nitrogen and oxygen atoms in total. The van der Waals surface area contributed by atoms with Gasteiger partial charge in [-0.15, -0.1) is 0 Å². The summed E-state index contributed by atoms with van der Waals surface area (Å²) in [6.07, 6.45) is 0.880. The number of ketones is 1. The normalized spacial score (nSPS) is 16.5. The van der Waals surface area contributed by atoms with Crippen LogP contribution in [-0.4, -0.2) is 59.4 Å². The highest BCUT2D eigenvalue weighted by Gasteiger charge is 2.46. The van der Waals surface area contributed by atoms with Crippen LogP contribution in [0, 0.1) is 6.92 Å². The van der Waals surface area contributed by atoms with Crippen molar-refractivity contribution in [2.45, 2.75) is 40.2 Å². The molecule has 1 aliphatic heterocycles. The maximum atomic E-state index is 13.5. The number of para-hydroxylation sites is 1. The van der Waals surface area contributed by atoms with E-state index in [2.05, 4.69) is 18.7 Å². The van der Waals surface area contributed by atoms with Crippen LogP contribution in [0.3, 0.4) is 0 Å². The summed E-state index contributed by atoms with van der Waals surface area (Å²) in [7, 11) is 0. The number of likely N-dealkylation sites (N-methyl/N-ethyl adjacent to an activating group) is 1. The molecule has 0 radical (unpaired) electrons. The third-order valence-corrected chi connectivity index (χ3v) is 7.17. The van der Waals surface area contributed by atoms with E-state index in [-0.39, 0.29) is 11.3 Å². The van der Waals surface area contributed by atoms with Gasteiger partial charge >= 0.3 is 0 Å². The van der Waals surface area contributed by atoms with Crippen LogP contribution in [0.2, 0.25) is 0 Å². The molecule has 1 amide bonds. The third-order valence-electron chi connectivity index (χ3n) is 7.17. The zero-order valence-electron chi connectivity index (χ0n) is 23.7. The summed E-state index contributed by atoms with van der Waals surface area (Å²) in [6.45, 7) is 11.2. The number of ether oxygens (including phenoxy) is 2. The number of hydrogen-bond donors (Lipinski definition) is 1. The Labute approximate surface area is 236 Å². The maximum absolute atomic E-state index is 13.5. The molecule has 4 rings (SSSR count). The van der Waals surface area contributed by atoms with Crippen LogP contribution in [0.25, 0.3) is 5.76 Å². The molecule has 0 unspecified atom stereocenters. The SMILES string of the molecule is CCCOc1ccc(C(O)=C2C(=O)C(=O)N(CCN(CC)CC)[C@H]2c2cccc(Oc3ccccc3)c2)c(C)c1. The van der Waals surface area contributed by atoms with Crippen molar-refractivity contribution < 1.29 is 24.2 Å². The van der Waals surface area contributed by atoms with Crippen molar-refractivity contribution in [3.05, 3.63) is 95.1 Å². The van der Waals surface area contributed by atoms with E-state index in [1.807, 2.05) is 74.5 Å². The molecule has 3 aromatic rings. The van der Waals surface area contributed by atoms with Gasteiger partial charge in [-0.1, -0.05) is 51.1 Å². The van der Waals surface area contributed by atoms with Crippen molar-refractivity contribution in [2.75, 3.05) is 32.8 Å². The van der Waals surface area contributed by atoms with Crippen LogP contribution in [0.1, 0.15) is 49.9 Å². The predicted molar refractivity (Wildman–Crippen MR) is 157 cm³/mol. The van der Waals surface area contributed by atoms with Gasteiger partial charge in [0, 0.05) is 18.7 Å². The quantitative estimate of drug-likeness (QED) is 0.163. The molecule has 7 heteroatoms. The first-order valence-corrected chi connectivity index (χ1v) is 13.9. The standard InChI is InChI=1S/C33H38N2O5/c1-5-20-39-26-16-17-28(23(4)21-26)31(36)29-30(35(33(38)32(29)37)19-18-34(6-2)7-3)24-12-11-15-27(22-24)40-25-13-9-8-10-14-25/h8-17,21-22,30,36H,5-7,18-20H2,1-4H3/t30-/m0/s1.